The molecule has 0 bridgehead atoms. The first-order valence-corrected chi connectivity index (χ1v) is 8.84. The molecule has 0 saturated heterocycles. The van der Waals surface area contributed by atoms with Gasteiger partial charge in [0.15, 0.2) is 5.78 Å². The Bertz CT molecular complexity index is 838. The maximum absolute atomic E-state index is 12.5. The number of aryl methyl sites for hydroxylation is 2. The molecule has 2 aromatic rings. The van der Waals surface area contributed by atoms with Crippen molar-refractivity contribution < 1.29 is 17.9 Å². The maximum Gasteiger partial charge on any atom is 0.316 e. The predicted octanol–water partition coefficient (Wildman–Crippen LogP) is 2.50. The van der Waals surface area contributed by atoms with Crippen molar-refractivity contribution in [1.82, 2.24) is 9.97 Å². The number of hydrogen-bond acceptors (Lipinski definition) is 6. The molecule has 7 nitrogen and oxygen atoms in total. The van der Waals surface area contributed by atoms with Crippen molar-refractivity contribution in [2.75, 3.05) is 11.3 Å². The van der Waals surface area contributed by atoms with Crippen LogP contribution >= 0.6 is 0 Å². The molecule has 0 aliphatic rings. The van der Waals surface area contributed by atoms with Gasteiger partial charge in [0.1, 0.15) is 0 Å². The summed E-state index contributed by atoms with van der Waals surface area (Å²) in [5, 5.41) is 0. The molecule has 0 aliphatic carbocycles. The average molecular weight is 349 g/mol. The van der Waals surface area contributed by atoms with Crippen LogP contribution in [0.2, 0.25) is 0 Å². The van der Waals surface area contributed by atoms with Gasteiger partial charge in [-0.3, -0.25) is 9.52 Å². The van der Waals surface area contributed by atoms with E-state index in [1.165, 1.54) is 31.2 Å². The lowest BCUT2D eigenvalue weighted by atomic mass is 10.2. The lowest BCUT2D eigenvalue weighted by Gasteiger charge is -2.13. The van der Waals surface area contributed by atoms with E-state index in [4.69, 9.17) is 4.74 Å². The topological polar surface area (TPSA) is 98.2 Å². The molecule has 1 aromatic carbocycles. The molecule has 128 valence electrons. The standard InChI is InChI=1S/C16H19N3O4S/c1-5-23-16-17-10(2)15(11(3)18-16)19-24(21,22)14-8-6-13(7-9-14)12(4)20/h6-9,19H,5H2,1-4H3. The summed E-state index contributed by atoms with van der Waals surface area (Å²) < 4.78 is 32.8. The minimum absolute atomic E-state index is 0.0557. The summed E-state index contributed by atoms with van der Waals surface area (Å²) in [6.07, 6.45) is 0. The highest BCUT2D eigenvalue weighted by molar-refractivity contribution is 7.92. The quantitative estimate of drug-likeness (QED) is 0.805. The second-order valence-corrected chi connectivity index (χ2v) is 6.85. The highest BCUT2D eigenvalue weighted by atomic mass is 32.2. The molecule has 0 spiro atoms. The van der Waals surface area contributed by atoms with E-state index in [2.05, 4.69) is 14.7 Å². The highest BCUT2D eigenvalue weighted by Crippen LogP contribution is 2.23. The first-order chi connectivity index (χ1) is 11.2. The fourth-order valence-corrected chi connectivity index (χ4v) is 3.27. The van der Waals surface area contributed by atoms with Gasteiger partial charge in [-0.15, -0.1) is 0 Å². The highest BCUT2D eigenvalue weighted by Gasteiger charge is 2.19. The van der Waals surface area contributed by atoms with Crippen LogP contribution in [0.25, 0.3) is 0 Å². The number of Topliss-reactive ketones (excluding diaryl/α,β-unsaturated/α-hetero) is 1. The molecule has 8 heteroatoms. The largest absolute Gasteiger partial charge is 0.464 e. The lowest BCUT2D eigenvalue weighted by molar-refractivity contribution is 0.101. The van der Waals surface area contributed by atoms with Gasteiger partial charge in [0.25, 0.3) is 10.0 Å². The van der Waals surface area contributed by atoms with E-state index >= 15 is 0 Å². The number of nitrogens with zero attached hydrogens (tertiary/aromatic N) is 2. The first kappa shape index (κ1) is 17.9. The number of ketones is 1. The van der Waals surface area contributed by atoms with E-state index in [0.29, 0.717) is 29.2 Å². The number of sulfonamides is 1. The van der Waals surface area contributed by atoms with E-state index < -0.39 is 10.0 Å². The number of hydrogen-bond donors (Lipinski definition) is 1. The van der Waals surface area contributed by atoms with Gasteiger partial charge in [0.2, 0.25) is 0 Å². The van der Waals surface area contributed by atoms with Crippen molar-refractivity contribution in [1.29, 1.82) is 0 Å². The number of anilines is 1. The van der Waals surface area contributed by atoms with Crippen molar-refractivity contribution >= 4 is 21.5 Å². The Hall–Kier alpha value is -2.48. The Kier molecular flexibility index (Phi) is 5.18. The van der Waals surface area contributed by atoms with Crippen molar-refractivity contribution in [2.24, 2.45) is 0 Å². The summed E-state index contributed by atoms with van der Waals surface area (Å²) in [5.74, 6) is -0.126. The third-order valence-corrected chi connectivity index (χ3v) is 4.70. The van der Waals surface area contributed by atoms with Gasteiger partial charge >= 0.3 is 6.01 Å². The molecule has 1 aromatic heterocycles. The van der Waals surface area contributed by atoms with Crippen LogP contribution in [0.3, 0.4) is 0 Å². The number of aromatic nitrogens is 2. The molecule has 1 heterocycles. The fraction of sp³-hybridized carbons (Fsp3) is 0.312. The molecule has 0 radical (unpaired) electrons. The zero-order valence-corrected chi connectivity index (χ0v) is 14.8. The Balaban J connectivity index is 2.34. The molecular formula is C16H19N3O4S. The fourth-order valence-electron chi connectivity index (χ4n) is 2.09. The molecule has 24 heavy (non-hydrogen) atoms. The molecule has 0 fully saturated rings. The zero-order valence-electron chi connectivity index (χ0n) is 14.0. The van der Waals surface area contributed by atoms with Crippen LogP contribution in [0.5, 0.6) is 6.01 Å². The monoisotopic (exact) mass is 349 g/mol. The van der Waals surface area contributed by atoms with Gasteiger partial charge in [-0.1, -0.05) is 12.1 Å². The Morgan fingerprint density at radius 1 is 1.12 bits per heavy atom. The molecule has 0 atom stereocenters. The van der Waals surface area contributed by atoms with Gasteiger partial charge < -0.3 is 4.74 Å². The Morgan fingerprint density at radius 2 is 1.67 bits per heavy atom. The minimum Gasteiger partial charge on any atom is -0.464 e. The summed E-state index contributed by atoms with van der Waals surface area (Å²) in [4.78, 5) is 19.6. The molecule has 0 amide bonds. The number of nitrogens with one attached hydrogen (secondary N) is 1. The van der Waals surface area contributed by atoms with Crippen molar-refractivity contribution in [3.63, 3.8) is 0 Å². The van der Waals surface area contributed by atoms with Crippen molar-refractivity contribution in [2.45, 2.75) is 32.6 Å². The van der Waals surface area contributed by atoms with Crippen molar-refractivity contribution in [3.05, 3.63) is 41.2 Å². The zero-order chi connectivity index (χ0) is 17.9. The number of carbonyl (C=O) groups is 1. The van der Waals surface area contributed by atoms with Gasteiger partial charge in [-0.2, -0.15) is 9.97 Å². The number of benzene rings is 1. The van der Waals surface area contributed by atoms with Crippen molar-refractivity contribution in [3.8, 4) is 6.01 Å². The maximum atomic E-state index is 12.5. The summed E-state index contributed by atoms with van der Waals surface area (Å²) in [7, 11) is -3.81. The summed E-state index contributed by atoms with van der Waals surface area (Å²) >= 11 is 0. The summed E-state index contributed by atoms with van der Waals surface area (Å²) in [5.41, 5.74) is 1.70. The van der Waals surface area contributed by atoms with E-state index in [1.54, 1.807) is 13.8 Å². The molecular weight excluding hydrogens is 330 g/mol. The minimum atomic E-state index is -3.81. The van der Waals surface area contributed by atoms with Gasteiger partial charge in [0, 0.05) is 5.56 Å². The van der Waals surface area contributed by atoms with Crippen LogP contribution in [0, 0.1) is 13.8 Å². The molecule has 2 rings (SSSR count). The molecule has 0 unspecified atom stereocenters. The predicted molar refractivity (Wildman–Crippen MR) is 89.9 cm³/mol. The second kappa shape index (κ2) is 6.96. The van der Waals surface area contributed by atoms with Gasteiger partial charge in [-0.05, 0) is 39.8 Å². The van der Waals surface area contributed by atoms with E-state index in [9.17, 15) is 13.2 Å². The number of carbonyl (C=O) groups excluding carboxylic acids is 1. The Labute approximate surface area is 141 Å². The first-order valence-electron chi connectivity index (χ1n) is 7.36. The number of ether oxygens (including phenoxy) is 1. The van der Waals surface area contributed by atoms with Gasteiger partial charge in [-0.25, -0.2) is 8.42 Å². The van der Waals surface area contributed by atoms with Crippen LogP contribution in [-0.4, -0.2) is 30.8 Å². The van der Waals surface area contributed by atoms with Gasteiger partial charge in [0.05, 0.1) is 28.6 Å². The third-order valence-electron chi connectivity index (χ3n) is 3.33. The third kappa shape index (κ3) is 3.88. The normalized spacial score (nSPS) is 11.2. The van der Waals surface area contributed by atoms with Crippen LogP contribution in [0.4, 0.5) is 5.69 Å². The SMILES string of the molecule is CCOc1nc(C)c(NS(=O)(=O)c2ccc(C(C)=O)cc2)c(C)n1. The smallest absolute Gasteiger partial charge is 0.316 e. The van der Waals surface area contributed by atoms with E-state index in [-0.39, 0.29) is 16.7 Å². The average Bonchev–Trinajstić information content (AvgIpc) is 2.51. The molecule has 0 saturated carbocycles. The van der Waals surface area contributed by atoms with Crippen LogP contribution in [0.15, 0.2) is 29.2 Å². The van der Waals surface area contributed by atoms with Crippen LogP contribution in [0.1, 0.15) is 35.6 Å². The van der Waals surface area contributed by atoms with Crippen LogP contribution < -0.4 is 9.46 Å². The molecule has 1 N–H and O–H groups in total. The van der Waals surface area contributed by atoms with E-state index in [1.807, 2.05) is 6.92 Å². The second-order valence-electron chi connectivity index (χ2n) is 5.17. The summed E-state index contributed by atoms with van der Waals surface area (Å²) in [6, 6.07) is 5.94. The van der Waals surface area contributed by atoms with E-state index in [0.717, 1.165) is 0 Å². The van der Waals surface area contributed by atoms with Crippen LogP contribution in [-0.2, 0) is 10.0 Å². The summed E-state index contributed by atoms with van der Waals surface area (Å²) in [6.45, 7) is 7.01. The lowest BCUT2D eigenvalue weighted by Crippen LogP contribution is -2.16. The number of rotatable bonds is 6. The molecule has 0 aliphatic heterocycles. The Morgan fingerprint density at radius 3 is 2.12 bits per heavy atom.